The lowest BCUT2D eigenvalue weighted by atomic mass is 10.0. The highest BCUT2D eigenvalue weighted by molar-refractivity contribution is 5.65. The van der Waals surface area contributed by atoms with E-state index < -0.39 is 0 Å². The summed E-state index contributed by atoms with van der Waals surface area (Å²) in [6.07, 6.45) is 8.47. The monoisotopic (exact) mass is 276 g/mol. The molecule has 2 nitrogen and oxygen atoms in total. The first-order chi connectivity index (χ1) is 10.1. The van der Waals surface area contributed by atoms with Gasteiger partial charge in [-0.1, -0.05) is 17.7 Å². The lowest BCUT2D eigenvalue weighted by Gasteiger charge is -2.04. The highest BCUT2D eigenvalue weighted by atomic mass is 14.9. The van der Waals surface area contributed by atoms with E-state index in [-0.39, 0.29) is 0 Å². The Balaban J connectivity index is 1.99. The van der Waals surface area contributed by atoms with E-state index in [1.807, 2.05) is 11.6 Å². The quantitative estimate of drug-likeness (QED) is 0.636. The number of hydrogen-bond donors (Lipinski definition) is 0. The molecule has 3 aromatic rings. The molecule has 2 heteroatoms. The van der Waals surface area contributed by atoms with E-state index in [1.54, 1.807) is 0 Å². The van der Waals surface area contributed by atoms with E-state index in [4.69, 9.17) is 0 Å². The number of hydrogen-bond acceptors (Lipinski definition) is 0. The standard InChI is InChI=1S/C19H20N2/c1-15-4-6-18(7-5-15)21-13-10-19(16(2)14-21)17-8-11-20(3)12-9-17/h4-14H,1-3H3/q+2. The number of nitrogens with zero attached hydrogens (tertiary/aromatic N) is 2. The lowest BCUT2D eigenvalue weighted by molar-refractivity contribution is -0.671. The van der Waals surface area contributed by atoms with Crippen molar-refractivity contribution in [2.24, 2.45) is 7.05 Å². The minimum absolute atomic E-state index is 1.19. The van der Waals surface area contributed by atoms with Crippen molar-refractivity contribution in [1.29, 1.82) is 0 Å². The van der Waals surface area contributed by atoms with Gasteiger partial charge in [0, 0.05) is 35.9 Å². The largest absolute Gasteiger partial charge is 0.210 e. The van der Waals surface area contributed by atoms with Gasteiger partial charge in [0.1, 0.15) is 7.05 Å². The van der Waals surface area contributed by atoms with Crippen molar-refractivity contribution in [2.75, 3.05) is 0 Å². The molecule has 0 fully saturated rings. The molecule has 2 heterocycles. The summed E-state index contributed by atoms with van der Waals surface area (Å²) in [6.45, 7) is 4.27. The van der Waals surface area contributed by atoms with Gasteiger partial charge in [-0.3, -0.25) is 0 Å². The van der Waals surface area contributed by atoms with E-state index >= 15 is 0 Å². The van der Waals surface area contributed by atoms with E-state index in [0.29, 0.717) is 0 Å². The van der Waals surface area contributed by atoms with E-state index in [0.717, 1.165) is 0 Å². The van der Waals surface area contributed by atoms with E-state index in [1.165, 1.54) is 27.9 Å². The van der Waals surface area contributed by atoms with Crippen LogP contribution in [0.3, 0.4) is 0 Å². The summed E-state index contributed by atoms with van der Waals surface area (Å²) < 4.78 is 4.22. The van der Waals surface area contributed by atoms with Crippen LogP contribution in [0.25, 0.3) is 16.8 Å². The molecule has 21 heavy (non-hydrogen) atoms. The molecule has 104 valence electrons. The molecule has 0 bridgehead atoms. The minimum Gasteiger partial charge on any atom is -0.208 e. The molecule has 0 atom stereocenters. The molecule has 3 rings (SSSR count). The number of rotatable bonds is 2. The zero-order valence-electron chi connectivity index (χ0n) is 12.7. The Morgan fingerprint density at radius 3 is 2.05 bits per heavy atom. The van der Waals surface area contributed by atoms with Gasteiger partial charge >= 0.3 is 0 Å². The smallest absolute Gasteiger partial charge is 0.208 e. The second-order valence-corrected chi connectivity index (χ2v) is 5.54. The molecule has 0 unspecified atom stereocenters. The van der Waals surface area contributed by atoms with Gasteiger partial charge in [0.2, 0.25) is 5.69 Å². The topological polar surface area (TPSA) is 7.76 Å². The Labute approximate surface area is 125 Å². The van der Waals surface area contributed by atoms with Crippen LogP contribution in [0.5, 0.6) is 0 Å². The summed E-state index contributed by atoms with van der Waals surface area (Å²) in [5.41, 5.74) is 6.27. The first kappa shape index (κ1) is 13.5. The molecular formula is C19H20N2+2. The highest BCUT2D eigenvalue weighted by Gasteiger charge is 2.10. The third kappa shape index (κ3) is 2.84. The zero-order chi connectivity index (χ0) is 14.8. The van der Waals surface area contributed by atoms with Crippen molar-refractivity contribution in [3.8, 4) is 16.8 Å². The van der Waals surface area contributed by atoms with E-state index in [9.17, 15) is 0 Å². The molecule has 0 aliphatic carbocycles. The maximum atomic E-state index is 2.19. The summed E-state index contributed by atoms with van der Waals surface area (Å²) in [6, 6.07) is 15.1. The van der Waals surface area contributed by atoms with Crippen molar-refractivity contribution >= 4 is 0 Å². The maximum Gasteiger partial charge on any atom is 0.210 e. The van der Waals surface area contributed by atoms with Gasteiger partial charge in [-0.15, -0.1) is 0 Å². The molecular weight excluding hydrogens is 256 g/mol. The Kier molecular flexibility index (Phi) is 3.53. The normalized spacial score (nSPS) is 10.6. The molecule has 0 amide bonds. The number of benzene rings is 1. The predicted molar refractivity (Wildman–Crippen MR) is 84.1 cm³/mol. The first-order valence-electron chi connectivity index (χ1n) is 7.18. The van der Waals surface area contributed by atoms with Crippen molar-refractivity contribution in [1.82, 2.24) is 0 Å². The van der Waals surface area contributed by atoms with Crippen LogP contribution in [0.15, 0.2) is 67.3 Å². The molecule has 0 aliphatic heterocycles. The summed E-state index contributed by atoms with van der Waals surface area (Å²) in [4.78, 5) is 0. The molecule has 0 radical (unpaired) electrons. The summed E-state index contributed by atoms with van der Waals surface area (Å²) in [7, 11) is 2.03. The van der Waals surface area contributed by atoms with Crippen molar-refractivity contribution in [2.45, 2.75) is 13.8 Å². The molecule has 1 aromatic carbocycles. The second kappa shape index (κ2) is 5.49. The molecule has 0 spiro atoms. The fraction of sp³-hybridized carbons (Fsp3) is 0.158. The predicted octanol–water partition coefficient (Wildman–Crippen LogP) is 3.07. The number of pyridine rings is 2. The Morgan fingerprint density at radius 1 is 0.762 bits per heavy atom. The fourth-order valence-electron chi connectivity index (χ4n) is 2.49. The van der Waals surface area contributed by atoms with Gasteiger partial charge in [-0.25, -0.2) is 4.57 Å². The Hall–Kier alpha value is -2.48. The van der Waals surface area contributed by atoms with Gasteiger partial charge in [0.25, 0.3) is 0 Å². The molecule has 0 saturated carbocycles. The highest BCUT2D eigenvalue weighted by Crippen LogP contribution is 2.20. The van der Waals surface area contributed by atoms with Crippen molar-refractivity contribution in [3.05, 3.63) is 78.4 Å². The third-order valence-electron chi connectivity index (χ3n) is 3.78. The molecule has 0 N–H and O–H groups in total. The van der Waals surface area contributed by atoms with Crippen molar-refractivity contribution < 1.29 is 9.13 Å². The average molecular weight is 276 g/mol. The Morgan fingerprint density at radius 2 is 1.43 bits per heavy atom. The molecule has 0 aliphatic rings. The number of aromatic nitrogens is 2. The third-order valence-corrected chi connectivity index (χ3v) is 3.78. The fourth-order valence-corrected chi connectivity index (χ4v) is 2.49. The van der Waals surface area contributed by atoms with Crippen LogP contribution in [0.1, 0.15) is 11.1 Å². The minimum atomic E-state index is 1.19. The molecule has 0 saturated heterocycles. The summed E-state index contributed by atoms with van der Waals surface area (Å²) in [5.74, 6) is 0. The Bertz CT molecular complexity index is 757. The molecule has 2 aromatic heterocycles. The SMILES string of the molecule is Cc1ccc(-[n+]2ccc(-c3cc[n+](C)cc3)c(C)c2)cc1. The summed E-state index contributed by atoms with van der Waals surface area (Å²) in [5, 5.41) is 0. The van der Waals surface area contributed by atoms with Gasteiger partial charge in [0.05, 0.1) is 0 Å². The van der Waals surface area contributed by atoms with Crippen LogP contribution in [-0.4, -0.2) is 0 Å². The zero-order valence-corrected chi connectivity index (χ0v) is 12.7. The first-order valence-corrected chi connectivity index (χ1v) is 7.18. The van der Waals surface area contributed by atoms with Gasteiger partial charge < -0.3 is 0 Å². The van der Waals surface area contributed by atoms with Crippen LogP contribution in [-0.2, 0) is 7.05 Å². The van der Waals surface area contributed by atoms with Crippen LogP contribution in [0.4, 0.5) is 0 Å². The van der Waals surface area contributed by atoms with Gasteiger partial charge in [-0.2, -0.15) is 4.57 Å². The van der Waals surface area contributed by atoms with Crippen LogP contribution >= 0.6 is 0 Å². The van der Waals surface area contributed by atoms with E-state index in [2.05, 4.69) is 85.7 Å². The van der Waals surface area contributed by atoms with Crippen LogP contribution < -0.4 is 9.13 Å². The van der Waals surface area contributed by atoms with Crippen LogP contribution in [0.2, 0.25) is 0 Å². The van der Waals surface area contributed by atoms with Crippen LogP contribution in [0, 0.1) is 13.8 Å². The number of aryl methyl sites for hydroxylation is 3. The maximum absolute atomic E-state index is 2.19. The average Bonchev–Trinajstić information content (AvgIpc) is 2.49. The second-order valence-electron chi connectivity index (χ2n) is 5.54. The van der Waals surface area contributed by atoms with Crippen molar-refractivity contribution in [3.63, 3.8) is 0 Å². The summed E-state index contributed by atoms with van der Waals surface area (Å²) >= 11 is 0. The van der Waals surface area contributed by atoms with Gasteiger partial charge in [-0.05, 0) is 25.0 Å². The lowest BCUT2D eigenvalue weighted by Crippen LogP contribution is -2.30. The van der Waals surface area contributed by atoms with Gasteiger partial charge in [0.15, 0.2) is 24.8 Å².